The molecular formula is C18H23N3. The maximum absolute atomic E-state index is 4.39. The Hall–Kier alpha value is -2.05. The van der Waals surface area contributed by atoms with Gasteiger partial charge in [0.05, 0.1) is 18.6 Å². The number of benzene rings is 1. The Bertz CT molecular complexity index is 604. The van der Waals surface area contributed by atoms with E-state index in [0.29, 0.717) is 6.04 Å². The molecule has 110 valence electrons. The maximum Gasteiger partial charge on any atom is 0.0925 e. The zero-order chi connectivity index (χ0) is 15.1. The van der Waals surface area contributed by atoms with Crippen molar-refractivity contribution in [2.75, 3.05) is 6.54 Å². The molecule has 0 bridgehead atoms. The smallest absolute Gasteiger partial charge is 0.0925 e. The number of aryl methyl sites for hydroxylation is 1. The lowest BCUT2D eigenvalue weighted by Gasteiger charge is -2.25. The molecule has 0 saturated carbocycles. The standard InChI is InChI=1S/C18H23N3/c1-4-15(2)21(13-18-16(3)19-14-20-18)12-8-11-17-9-6-5-7-10-17/h5-7,9-10,14-15H,4,12-13H2,1-3H3,(H,19,20). The van der Waals surface area contributed by atoms with Crippen LogP contribution >= 0.6 is 0 Å². The first kappa shape index (κ1) is 15.3. The van der Waals surface area contributed by atoms with Gasteiger partial charge in [-0.25, -0.2) is 4.98 Å². The minimum Gasteiger partial charge on any atom is -0.348 e. The van der Waals surface area contributed by atoms with E-state index in [1.807, 2.05) is 30.3 Å². The van der Waals surface area contributed by atoms with Crippen molar-refractivity contribution in [3.05, 3.63) is 53.6 Å². The van der Waals surface area contributed by atoms with Crippen molar-refractivity contribution >= 4 is 0 Å². The fourth-order valence-corrected chi connectivity index (χ4v) is 2.13. The van der Waals surface area contributed by atoms with Crippen LogP contribution in [0.3, 0.4) is 0 Å². The van der Waals surface area contributed by atoms with Crippen LogP contribution in [0.15, 0.2) is 36.7 Å². The quantitative estimate of drug-likeness (QED) is 0.852. The highest BCUT2D eigenvalue weighted by Gasteiger charge is 2.13. The van der Waals surface area contributed by atoms with Gasteiger partial charge in [-0.2, -0.15) is 0 Å². The molecule has 1 aromatic heterocycles. The van der Waals surface area contributed by atoms with Gasteiger partial charge in [-0.15, -0.1) is 0 Å². The second-order valence-corrected chi connectivity index (χ2v) is 5.30. The number of H-pyrrole nitrogens is 1. The number of hydrogen-bond acceptors (Lipinski definition) is 2. The largest absolute Gasteiger partial charge is 0.348 e. The van der Waals surface area contributed by atoms with Gasteiger partial charge in [0.25, 0.3) is 0 Å². The molecule has 0 amide bonds. The molecular weight excluding hydrogens is 258 g/mol. The highest BCUT2D eigenvalue weighted by atomic mass is 15.2. The van der Waals surface area contributed by atoms with Gasteiger partial charge in [-0.3, -0.25) is 4.90 Å². The third kappa shape index (κ3) is 4.47. The number of imidazole rings is 1. The van der Waals surface area contributed by atoms with Crippen LogP contribution < -0.4 is 0 Å². The van der Waals surface area contributed by atoms with Gasteiger partial charge >= 0.3 is 0 Å². The summed E-state index contributed by atoms with van der Waals surface area (Å²) in [7, 11) is 0. The van der Waals surface area contributed by atoms with Crippen molar-refractivity contribution in [2.45, 2.75) is 39.8 Å². The van der Waals surface area contributed by atoms with Crippen molar-refractivity contribution in [2.24, 2.45) is 0 Å². The fourth-order valence-electron chi connectivity index (χ4n) is 2.13. The zero-order valence-corrected chi connectivity index (χ0v) is 13.1. The van der Waals surface area contributed by atoms with E-state index in [-0.39, 0.29) is 0 Å². The number of aromatic amines is 1. The highest BCUT2D eigenvalue weighted by molar-refractivity contribution is 5.33. The molecule has 0 radical (unpaired) electrons. The predicted molar refractivity (Wildman–Crippen MR) is 86.8 cm³/mol. The van der Waals surface area contributed by atoms with E-state index in [1.165, 1.54) is 0 Å². The minimum atomic E-state index is 0.492. The van der Waals surface area contributed by atoms with Crippen LogP contribution in [0.1, 0.15) is 37.2 Å². The Morgan fingerprint density at radius 3 is 2.67 bits per heavy atom. The Labute approximate surface area is 127 Å². The van der Waals surface area contributed by atoms with Gasteiger partial charge in [-0.05, 0) is 32.4 Å². The zero-order valence-electron chi connectivity index (χ0n) is 13.1. The van der Waals surface area contributed by atoms with Gasteiger partial charge in [0, 0.05) is 23.8 Å². The summed E-state index contributed by atoms with van der Waals surface area (Å²) in [6, 6.07) is 10.6. The molecule has 0 spiro atoms. The molecule has 0 fully saturated rings. The summed E-state index contributed by atoms with van der Waals surface area (Å²) in [6.45, 7) is 8.11. The average Bonchev–Trinajstić information content (AvgIpc) is 2.91. The van der Waals surface area contributed by atoms with E-state index in [4.69, 9.17) is 0 Å². The normalized spacial score (nSPS) is 12.0. The van der Waals surface area contributed by atoms with Gasteiger partial charge in [0.15, 0.2) is 0 Å². The molecule has 1 unspecified atom stereocenters. The predicted octanol–water partition coefficient (Wildman–Crippen LogP) is 3.37. The van der Waals surface area contributed by atoms with Gasteiger partial charge in [-0.1, -0.05) is 37.0 Å². The van der Waals surface area contributed by atoms with Crippen molar-refractivity contribution < 1.29 is 0 Å². The molecule has 21 heavy (non-hydrogen) atoms. The summed E-state index contributed by atoms with van der Waals surface area (Å²) in [5.74, 6) is 6.52. The Morgan fingerprint density at radius 1 is 1.29 bits per heavy atom. The van der Waals surface area contributed by atoms with Crippen molar-refractivity contribution in [3.63, 3.8) is 0 Å². The molecule has 3 nitrogen and oxygen atoms in total. The molecule has 1 aromatic carbocycles. The van der Waals surface area contributed by atoms with E-state index < -0.39 is 0 Å². The number of hydrogen-bond donors (Lipinski definition) is 1. The van der Waals surface area contributed by atoms with Crippen LogP contribution in [0.5, 0.6) is 0 Å². The Balaban J connectivity index is 2.04. The lowest BCUT2D eigenvalue weighted by Crippen LogP contribution is -2.32. The monoisotopic (exact) mass is 281 g/mol. The van der Waals surface area contributed by atoms with E-state index >= 15 is 0 Å². The van der Waals surface area contributed by atoms with E-state index in [1.54, 1.807) is 6.33 Å². The number of aromatic nitrogens is 2. The Kier molecular flexibility index (Phi) is 5.59. The van der Waals surface area contributed by atoms with Crippen LogP contribution in [0.4, 0.5) is 0 Å². The maximum atomic E-state index is 4.39. The van der Waals surface area contributed by atoms with E-state index in [2.05, 4.69) is 47.5 Å². The van der Waals surface area contributed by atoms with Crippen LogP contribution in [0.2, 0.25) is 0 Å². The number of nitrogens with zero attached hydrogens (tertiary/aromatic N) is 2. The third-order valence-corrected chi connectivity index (χ3v) is 3.79. The van der Waals surface area contributed by atoms with Gasteiger partial charge in [0.2, 0.25) is 0 Å². The van der Waals surface area contributed by atoms with Crippen LogP contribution in [-0.2, 0) is 6.54 Å². The molecule has 0 aliphatic heterocycles. The summed E-state index contributed by atoms with van der Waals surface area (Å²) < 4.78 is 0. The summed E-state index contributed by atoms with van der Waals surface area (Å²) >= 11 is 0. The molecule has 3 heteroatoms. The summed E-state index contributed by atoms with van der Waals surface area (Å²) in [4.78, 5) is 9.91. The first-order valence-electron chi connectivity index (χ1n) is 7.47. The SMILES string of the molecule is CCC(C)N(CC#Cc1ccccc1)Cc1nc[nH]c1C. The molecule has 2 aromatic rings. The topological polar surface area (TPSA) is 31.9 Å². The Morgan fingerprint density at radius 2 is 2.05 bits per heavy atom. The first-order chi connectivity index (χ1) is 10.2. The molecule has 0 aliphatic carbocycles. The summed E-state index contributed by atoms with van der Waals surface area (Å²) in [6.07, 6.45) is 2.87. The number of nitrogens with one attached hydrogen (secondary N) is 1. The third-order valence-electron chi connectivity index (χ3n) is 3.79. The van der Waals surface area contributed by atoms with Crippen molar-refractivity contribution in [3.8, 4) is 11.8 Å². The minimum absolute atomic E-state index is 0.492. The first-order valence-corrected chi connectivity index (χ1v) is 7.47. The highest BCUT2D eigenvalue weighted by Crippen LogP contribution is 2.10. The lowest BCUT2D eigenvalue weighted by atomic mass is 10.2. The van der Waals surface area contributed by atoms with E-state index in [0.717, 1.165) is 36.5 Å². The van der Waals surface area contributed by atoms with Crippen molar-refractivity contribution in [1.29, 1.82) is 0 Å². The molecule has 0 saturated heterocycles. The van der Waals surface area contributed by atoms with Crippen LogP contribution in [0.25, 0.3) is 0 Å². The van der Waals surface area contributed by atoms with E-state index in [9.17, 15) is 0 Å². The fraction of sp³-hybridized carbons (Fsp3) is 0.389. The second-order valence-electron chi connectivity index (χ2n) is 5.30. The summed E-state index contributed by atoms with van der Waals surface area (Å²) in [5, 5.41) is 0. The van der Waals surface area contributed by atoms with Crippen LogP contribution in [-0.4, -0.2) is 27.5 Å². The van der Waals surface area contributed by atoms with Crippen molar-refractivity contribution in [1.82, 2.24) is 14.9 Å². The second kappa shape index (κ2) is 7.66. The molecule has 0 aliphatic rings. The van der Waals surface area contributed by atoms with Gasteiger partial charge in [0.1, 0.15) is 0 Å². The molecule has 1 atom stereocenters. The summed E-state index contributed by atoms with van der Waals surface area (Å²) in [5.41, 5.74) is 3.31. The molecule has 1 N–H and O–H groups in total. The number of rotatable bonds is 5. The lowest BCUT2D eigenvalue weighted by molar-refractivity contribution is 0.218. The molecule has 2 rings (SSSR count). The molecule has 1 heterocycles. The average molecular weight is 281 g/mol. The van der Waals surface area contributed by atoms with Crippen LogP contribution in [0, 0.1) is 18.8 Å². The van der Waals surface area contributed by atoms with Gasteiger partial charge < -0.3 is 4.98 Å².